The monoisotopic (exact) mass is 221 g/mol. The van der Waals surface area contributed by atoms with E-state index in [2.05, 4.69) is 4.74 Å². The fourth-order valence-corrected chi connectivity index (χ4v) is 0.890. The molecular formula is C8H12ClNO4. The first-order valence-corrected chi connectivity index (χ1v) is 3.72. The van der Waals surface area contributed by atoms with Gasteiger partial charge in [-0.2, -0.15) is 0 Å². The zero-order chi connectivity index (χ0) is 9.84. The van der Waals surface area contributed by atoms with Crippen LogP contribution < -0.4 is 5.73 Å². The molecule has 80 valence electrons. The van der Waals surface area contributed by atoms with E-state index < -0.39 is 12.0 Å². The number of hydrogen-bond acceptors (Lipinski definition) is 5. The number of hydrogen-bond donors (Lipinski definition) is 2. The maximum atomic E-state index is 10.9. The summed E-state index contributed by atoms with van der Waals surface area (Å²) in [6, 6.07) is 2.16. The molecule has 0 bridgehead atoms. The van der Waals surface area contributed by atoms with E-state index in [0.717, 1.165) is 0 Å². The Bertz CT molecular complexity index is 299. The summed E-state index contributed by atoms with van der Waals surface area (Å²) in [5.74, 6) is 0.0871. The molecule has 0 fully saturated rings. The number of aliphatic hydroxyl groups excluding tert-OH is 1. The van der Waals surface area contributed by atoms with Crippen LogP contribution >= 0.6 is 12.4 Å². The summed E-state index contributed by atoms with van der Waals surface area (Å²) in [6.45, 7) is -0.214. The second-order valence-corrected chi connectivity index (χ2v) is 2.46. The van der Waals surface area contributed by atoms with Crippen molar-refractivity contribution in [1.29, 1.82) is 0 Å². The molecule has 0 spiro atoms. The average Bonchev–Trinajstić information content (AvgIpc) is 2.63. The van der Waals surface area contributed by atoms with Gasteiger partial charge < -0.3 is 20.0 Å². The van der Waals surface area contributed by atoms with Gasteiger partial charge in [-0.05, 0) is 12.1 Å². The average molecular weight is 222 g/mol. The van der Waals surface area contributed by atoms with Crippen LogP contribution in [0.4, 0.5) is 0 Å². The van der Waals surface area contributed by atoms with Crippen molar-refractivity contribution in [2.75, 3.05) is 7.11 Å². The molecule has 3 N–H and O–H groups in total. The highest BCUT2D eigenvalue weighted by molar-refractivity contribution is 5.85. The molecule has 0 saturated carbocycles. The highest BCUT2D eigenvalue weighted by Gasteiger charge is 2.19. The Morgan fingerprint density at radius 1 is 1.71 bits per heavy atom. The van der Waals surface area contributed by atoms with Crippen LogP contribution in [0.2, 0.25) is 0 Å². The van der Waals surface area contributed by atoms with Gasteiger partial charge in [0.2, 0.25) is 0 Å². The molecule has 0 aromatic carbocycles. The van der Waals surface area contributed by atoms with Crippen molar-refractivity contribution in [2.24, 2.45) is 5.73 Å². The Hall–Kier alpha value is -1.04. The van der Waals surface area contributed by atoms with Gasteiger partial charge in [-0.3, -0.25) is 0 Å². The van der Waals surface area contributed by atoms with Gasteiger partial charge in [-0.15, -0.1) is 12.4 Å². The van der Waals surface area contributed by atoms with Crippen molar-refractivity contribution in [3.8, 4) is 0 Å². The molecule has 0 amide bonds. The van der Waals surface area contributed by atoms with Gasteiger partial charge in [0.15, 0.2) is 6.04 Å². The number of methoxy groups -OCH3 is 1. The van der Waals surface area contributed by atoms with Gasteiger partial charge in [0.1, 0.15) is 18.1 Å². The van der Waals surface area contributed by atoms with E-state index in [9.17, 15) is 4.79 Å². The number of nitrogens with two attached hydrogens (primary N) is 1. The molecule has 1 aromatic heterocycles. The maximum Gasteiger partial charge on any atom is 0.330 e. The fourth-order valence-electron chi connectivity index (χ4n) is 0.890. The Morgan fingerprint density at radius 3 is 2.79 bits per heavy atom. The van der Waals surface area contributed by atoms with Crippen molar-refractivity contribution < 1.29 is 19.1 Å². The summed E-state index contributed by atoms with van der Waals surface area (Å²) in [4.78, 5) is 10.9. The van der Waals surface area contributed by atoms with Crippen LogP contribution in [0.1, 0.15) is 17.6 Å². The van der Waals surface area contributed by atoms with E-state index in [1.54, 1.807) is 6.07 Å². The number of rotatable bonds is 3. The van der Waals surface area contributed by atoms with Crippen LogP contribution in [0.3, 0.4) is 0 Å². The molecule has 6 heteroatoms. The lowest BCUT2D eigenvalue weighted by Gasteiger charge is -2.04. The van der Waals surface area contributed by atoms with Gasteiger partial charge in [-0.25, -0.2) is 4.79 Å². The molecule has 0 saturated heterocycles. The topological polar surface area (TPSA) is 85.7 Å². The highest BCUT2D eigenvalue weighted by Crippen LogP contribution is 2.15. The van der Waals surface area contributed by atoms with Gasteiger partial charge in [0, 0.05) is 0 Å². The third kappa shape index (κ3) is 2.73. The Kier molecular flexibility index (Phi) is 5.22. The van der Waals surface area contributed by atoms with Crippen LogP contribution in [0.25, 0.3) is 0 Å². The van der Waals surface area contributed by atoms with Gasteiger partial charge in [0.25, 0.3) is 0 Å². The second-order valence-electron chi connectivity index (χ2n) is 2.46. The third-order valence-electron chi connectivity index (χ3n) is 1.60. The van der Waals surface area contributed by atoms with Crippen LogP contribution in [0, 0.1) is 0 Å². The van der Waals surface area contributed by atoms with Gasteiger partial charge >= 0.3 is 5.97 Å². The number of carbonyl (C=O) groups is 1. The quantitative estimate of drug-likeness (QED) is 0.720. The number of ether oxygens (including phenoxy) is 1. The van der Waals surface area contributed by atoms with Crippen LogP contribution in [-0.4, -0.2) is 18.2 Å². The smallest absolute Gasteiger partial charge is 0.330 e. The van der Waals surface area contributed by atoms with Crippen molar-refractivity contribution in [1.82, 2.24) is 0 Å². The zero-order valence-corrected chi connectivity index (χ0v) is 8.41. The summed E-state index contributed by atoms with van der Waals surface area (Å²) in [5.41, 5.74) is 5.47. The summed E-state index contributed by atoms with van der Waals surface area (Å²) in [5, 5.41) is 8.68. The largest absolute Gasteiger partial charge is 0.468 e. The number of esters is 1. The van der Waals surface area contributed by atoms with Crippen molar-refractivity contribution in [3.63, 3.8) is 0 Å². The molecule has 0 unspecified atom stereocenters. The Morgan fingerprint density at radius 2 is 2.36 bits per heavy atom. The van der Waals surface area contributed by atoms with Crippen molar-refractivity contribution in [3.05, 3.63) is 23.7 Å². The first kappa shape index (κ1) is 13.0. The minimum atomic E-state index is -0.926. The maximum absolute atomic E-state index is 10.9. The summed E-state index contributed by atoms with van der Waals surface area (Å²) in [6.07, 6.45) is 0. The lowest BCUT2D eigenvalue weighted by molar-refractivity contribution is -0.142. The predicted molar refractivity (Wildman–Crippen MR) is 50.8 cm³/mol. The number of aliphatic hydroxyl groups is 1. The van der Waals surface area contributed by atoms with Crippen LogP contribution in [0.15, 0.2) is 16.5 Å². The number of carbonyl (C=O) groups excluding carboxylic acids is 1. The van der Waals surface area contributed by atoms with Crippen molar-refractivity contribution in [2.45, 2.75) is 12.6 Å². The predicted octanol–water partition coefficient (Wildman–Crippen LogP) is 0.367. The Labute approximate surface area is 87.2 Å². The summed E-state index contributed by atoms with van der Waals surface area (Å²) in [7, 11) is 1.25. The summed E-state index contributed by atoms with van der Waals surface area (Å²) >= 11 is 0. The molecule has 0 aliphatic heterocycles. The van der Waals surface area contributed by atoms with E-state index in [1.807, 2.05) is 0 Å². The summed E-state index contributed by atoms with van der Waals surface area (Å²) < 4.78 is 9.46. The molecule has 14 heavy (non-hydrogen) atoms. The molecule has 0 aliphatic rings. The third-order valence-corrected chi connectivity index (χ3v) is 1.60. The molecule has 1 aromatic rings. The molecule has 1 atom stereocenters. The van der Waals surface area contributed by atoms with E-state index in [-0.39, 0.29) is 24.8 Å². The minimum absolute atomic E-state index is 0. The zero-order valence-electron chi connectivity index (χ0n) is 7.60. The normalized spacial score (nSPS) is 11.6. The van der Waals surface area contributed by atoms with Gasteiger partial charge in [-0.1, -0.05) is 0 Å². The number of furan rings is 1. The molecule has 1 heterocycles. The molecule has 0 aliphatic carbocycles. The molecule has 1 rings (SSSR count). The highest BCUT2D eigenvalue weighted by atomic mass is 35.5. The first-order chi connectivity index (χ1) is 6.19. The van der Waals surface area contributed by atoms with E-state index in [0.29, 0.717) is 5.76 Å². The second kappa shape index (κ2) is 5.64. The molecule has 5 nitrogen and oxygen atoms in total. The molecule has 0 radical (unpaired) electrons. The first-order valence-electron chi connectivity index (χ1n) is 3.72. The molecular weight excluding hydrogens is 210 g/mol. The van der Waals surface area contributed by atoms with Crippen LogP contribution in [-0.2, 0) is 16.1 Å². The fraction of sp³-hybridized carbons (Fsp3) is 0.375. The lowest BCUT2D eigenvalue weighted by atomic mass is 10.2. The van der Waals surface area contributed by atoms with Crippen LogP contribution in [0.5, 0.6) is 0 Å². The lowest BCUT2D eigenvalue weighted by Crippen LogP contribution is -2.21. The standard InChI is InChI=1S/C8H11NO4.ClH/c1-12-8(11)7(9)6-3-2-5(4-10)13-6;/h2-3,7,10H,4,9H2,1H3;1H/t7-;/m0./s1. The van der Waals surface area contributed by atoms with Gasteiger partial charge in [0.05, 0.1) is 7.11 Å². The van der Waals surface area contributed by atoms with Crippen molar-refractivity contribution >= 4 is 18.4 Å². The Balaban J connectivity index is 0.00000169. The van der Waals surface area contributed by atoms with E-state index in [4.69, 9.17) is 15.3 Å². The van der Waals surface area contributed by atoms with E-state index >= 15 is 0 Å². The SMILES string of the molecule is COC(=O)[C@@H](N)c1ccc(CO)o1.Cl. The minimum Gasteiger partial charge on any atom is -0.468 e. The number of halogens is 1. The van der Waals surface area contributed by atoms with E-state index in [1.165, 1.54) is 13.2 Å².